The molecule has 2 aromatic heterocycles. The maximum absolute atomic E-state index is 12.8. The van der Waals surface area contributed by atoms with Gasteiger partial charge < -0.3 is 19.4 Å². The van der Waals surface area contributed by atoms with Crippen LogP contribution in [-0.2, 0) is 20.1 Å². The smallest absolute Gasteiger partial charge is 0.318 e. The topological polar surface area (TPSA) is 80.9 Å². The number of benzene rings is 1. The standard InChI is InChI=1S/C19H25N7O/c1-4-11-26-14-21-23-16(26)13-25(3)19(27)22-17(15-8-6-5-7-9-15)18-20-10-12-24(18)2/h5-10,12,14,17H,4,11,13H2,1-3H3,(H,22,27)/t17-/m1/s1. The number of hydrogen-bond donors (Lipinski definition) is 1. The van der Waals surface area contributed by atoms with Crippen molar-refractivity contribution in [2.45, 2.75) is 32.5 Å². The van der Waals surface area contributed by atoms with Crippen LogP contribution in [-0.4, -0.2) is 42.3 Å². The summed E-state index contributed by atoms with van der Waals surface area (Å²) in [5, 5.41) is 11.2. The Bertz CT molecular complexity index is 871. The summed E-state index contributed by atoms with van der Waals surface area (Å²) in [6, 6.07) is 9.29. The van der Waals surface area contributed by atoms with E-state index < -0.39 is 0 Å². The van der Waals surface area contributed by atoms with E-state index >= 15 is 0 Å². The zero-order valence-corrected chi connectivity index (χ0v) is 15.9. The first-order chi connectivity index (χ1) is 13.1. The van der Waals surface area contributed by atoms with Gasteiger partial charge in [-0.3, -0.25) is 0 Å². The van der Waals surface area contributed by atoms with E-state index in [1.54, 1.807) is 24.5 Å². The third-order valence-electron chi connectivity index (χ3n) is 4.40. The number of amides is 2. The highest BCUT2D eigenvalue weighted by atomic mass is 16.2. The van der Waals surface area contributed by atoms with Crippen molar-refractivity contribution in [3.8, 4) is 0 Å². The highest BCUT2D eigenvalue weighted by Crippen LogP contribution is 2.20. The summed E-state index contributed by atoms with van der Waals surface area (Å²) in [6.45, 7) is 3.31. The lowest BCUT2D eigenvalue weighted by molar-refractivity contribution is 0.202. The Hall–Kier alpha value is -3.16. The number of carbonyl (C=O) groups excluding carboxylic acids is 1. The summed E-state index contributed by atoms with van der Waals surface area (Å²) < 4.78 is 3.88. The average molecular weight is 367 g/mol. The number of urea groups is 1. The molecule has 0 fully saturated rings. The minimum Gasteiger partial charge on any atom is -0.336 e. The summed E-state index contributed by atoms with van der Waals surface area (Å²) in [6.07, 6.45) is 6.28. The van der Waals surface area contributed by atoms with Gasteiger partial charge >= 0.3 is 6.03 Å². The summed E-state index contributed by atoms with van der Waals surface area (Å²) >= 11 is 0. The van der Waals surface area contributed by atoms with E-state index in [0.29, 0.717) is 6.54 Å². The first-order valence-electron chi connectivity index (χ1n) is 9.00. The molecule has 0 aliphatic rings. The van der Waals surface area contributed by atoms with Gasteiger partial charge in [0, 0.05) is 33.0 Å². The molecule has 0 aliphatic carbocycles. The predicted octanol–water partition coefficient (Wildman–Crippen LogP) is 2.35. The van der Waals surface area contributed by atoms with Crippen LogP contribution in [0.5, 0.6) is 0 Å². The van der Waals surface area contributed by atoms with Gasteiger partial charge in [0.1, 0.15) is 18.2 Å². The van der Waals surface area contributed by atoms with Crippen molar-refractivity contribution in [2.24, 2.45) is 7.05 Å². The van der Waals surface area contributed by atoms with Crippen molar-refractivity contribution in [1.29, 1.82) is 0 Å². The average Bonchev–Trinajstić information content (AvgIpc) is 3.29. The van der Waals surface area contributed by atoms with Crippen LogP contribution in [0, 0.1) is 0 Å². The van der Waals surface area contributed by atoms with Crippen LogP contribution in [0.3, 0.4) is 0 Å². The maximum Gasteiger partial charge on any atom is 0.318 e. The quantitative estimate of drug-likeness (QED) is 0.695. The first kappa shape index (κ1) is 18.6. The number of nitrogens with zero attached hydrogens (tertiary/aromatic N) is 6. The molecule has 1 N–H and O–H groups in total. The summed E-state index contributed by atoms with van der Waals surface area (Å²) in [7, 11) is 3.67. The SMILES string of the molecule is CCCn1cnnc1CN(C)C(=O)N[C@H](c1ccccc1)c1nccn1C. The van der Waals surface area contributed by atoms with E-state index in [1.165, 1.54) is 0 Å². The Balaban J connectivity index is 1.76. The second-order valence-electron chi connectivity index (χ2n) is 6.49. The van der Waals surface area contributed by atoms with Crippen LogP contribution in [0.15, 0.2) is 49.1 Å². The molecule has 8 heteroatoms. The zero-order chi connectivity index (χ0) is 19.2. The van der Waals surface area contributed by atoms with Crippen molar-refractivity contribution >= 4 is 6.03 Å². The van der Waals surface area contributed by atoms with Crippen LogP contribution in [0.1, 0.15) is 36.6 Å². The zero-order valence-electron chi connectivity index (χ0n) is 15.9. The van der Waals surface area contributed by atoms with E-state index in [4.69, 9.17) is 0 Å². The van der Waals surface area contributed by atoms with Gasteiger partial charge in [-0.05, 0) is 12.0 Å². The monoisotopic (exact) mass is 367 g/mol. The van der Waals surface area contributed by atoms with Gasteiger partial charge in [0.2, 0.25) is 0 Å². The number of aromatic nitrogens is 5. The molecule has 0 bridgehead atoms. The maximum atomic E-state index is 12.8. The summed E-state index contributed by atoms with van der Waals surface area (Å²) in [5.74, 6) is 1.54. The number of carbonyl (C=O) groups is 1. The van der Waals surface area contributed by atoms with Crippen LogP contribution in [0.25, 0.3) is 0 Å². The highest BCUT2D eigenvalue weighted by molar-refractivity contribution is 5.74. The Morgan fingerprint density at radius 2 is 2.07 bits per heavy atom. The fourth-order valence-electron chi connectivity index (χ4n) is 2.94. The fraction of sp³-hybridized carbons (Fsp3) is 0.368. The lowest BCUT2D eigenvalue weighted by Crippen LogP contribution is -2.40. The third kappa shape index (κ3) is 4.33. The molecule has 0 radical (unpaired) electrons. The van der Waals surface area contributed by atoms with Crippen molar-refractivity contribution < 1.29 is 4.79 Å². The fourth-order valence-corrected chi connectivity index (χ4v) is 2.94. The lowest BCUT2D eigenvalue weighted by Gasteiger charge is -2.23. The molecular weight excluding hydrogens is 342 g/mol. The van der Waals surface area contributed by atoms with Crippen LogP contribution in [0.4, 0.5) is 4.79 Å². The van der Waals surface area contributed by atoms with Crippen LogP contribution < -0.4 is 5.32 Å². The van der Waals surface area contributed by atoms with Gasteiger partial charge in [-0.1, -0.05) is 37.3 Å². The third-order valence-corrected chi connectivity index (χ3v) is 4.40. The Kier molecular flexibility index (Phi) is 5.85. The van der Waals surface area contributed by atoms with Crippen molar-refractivity contribution in [2.75, 3.05) is 7.05 Å². The Morgan fingerprint density at radius 3 is 2.74 bits per heavy atom. The van der Waals surface area contributed by atoms with E-state index in [0.717, 1.165) is 30.2 Å². The number of imidazole rings is 1. The Morgan fingerprint density at radius 1 is 1.30 bits per heavy atom. The van der Waals surface area contributed by atoms with Gasteiger partial charge in [-0.25, -0.2) is 9.78 Å². The minimum atomic E-state index is -0.338. The molecule has 2 amide bonds. The van der Waals surface area contributed by atoms with E-state index in [9.17, 15) is 4.79 Å². The minimum absolute atomic E-state index is 0.196. The Labute approximate surface area is 158 Å². The molecule has 3 rings (SSSR count). The molecule has 27 heavy (non-hydrogen) atoms. The van der Waals surface area contributed by atoms with Crippen LogP contribution in [0.2, 0.25) is 0 Å². The molecule has 0 unspecified atom stereocenters. The summed E-state index contributed by atoms with van der Waals surface area (Å²) in [4.78, 5) is 18.9. The van der Waals surface area contributed by atoms with Gasteiger partial charge in [0.25, 0.3) is 0 Å². The molecule has 0 saturated carbocycles. The predicted molar refractivity (Wildman–Crippen MR) is 102 cm³/mol. The first-order valence-corrected chi connectivity index (χ1v) is 9.00. The van der Waals surface area contributed by atoms with E-state index in [-0.39, 0.29) is 12.1 Å². The number of nitrogens with one attached hydrogen (secondary N) is 1. The van der Waals surface area contributed by atoms with Gasteiger partial charge in [0.15, 0.2) is 5.82 Å². The number of hydrogen-bond acceptors (Lipinski definition) is 4. The largest absolute Gasteiger partial charge is 0.336 e. The van der Waals surface area contributed by atoms with Crippen molar-refractivity contribution in [3.63, 3.8) is 0 Å². The van der Waals surface area contributed by atoms with Crippen LogP contribution >= 0.6 is 0 Å². The van der Waals surface area contributed by atoms with Gasteiger partial charge in [-0.15, -0.1) is 10.2 Å². The summed E-state index contributed by atoms with van der Waals surface area (Å²) in [5.41, 5.74) is 0.975. The van der Waals surface area contributed by atoms with Gasteiger partial charge in [-0.2, -0.15) is 0 Å². The van der Waals surface area contributed by atoms with E-state index in [1.807, 2.05) is 52.7 Å². The molecule has 0 aliphatic heterocycles. The van der Waals surface area contributed by atoms with Gasteiger partial charge in [0.05, 0.1) is 6.54 Å². The molecule has 142 valence electrons. The van der Waals surface area contributed by atoms with E-state index in [2.05, 4.69) is 27.4 Å². The molecule has 8 nitrogen and oxygen atoms in total. The second kappa shape index (κ2) is 8.48. The molecule has 0 spiro atoms. The molecule has 1 atom stereocenters. The second-order valence-corrected chi connectivity index (χ2v) is 6.49. The highest BCUT2D eigenvalue weighted by Gasteiger charge is 2.23. The molecular formula is C19H25N7O. The normalized spacial score (nSPS) is 12.0. The van der Waals surface area contributed by atoms with Crippen molar-refractivity contribution in [1.82, 2.24) is 34.5 Å². The number of aryl methyl sites for hydroxylation is 2. The molecule has 0 saturated heterocycles. The lowest BCUT2D eigenvalue weighted by atomic mass is 10.1. The molecule has 2 heterocycles. The number of rotatable bonds is 7. The van der Waals surface area contributed by atoms with Crippen molar-refractivity contribution in [3.05, 3.63) is 66.3 Å². The molecule has 1 aromatic carbocycles. The molecule has 3 aromatic rings.